The molecule has 5 aromatic rings. The largest absolute Gasteiger partial charge is 0.324 e. The van der Waals surface area contributed by atoms with Gasteiger partial charge in [0.1, 0.15) is 16.8 Å². The second kappa shape index (κ2) is 15.7. The van der Waals surface area contributed by atoms with Crippen LogP contribution in [0.2, 0.25) is 0 Å². The molecule has 3 N–H and O–H groups in total. The summed E-state index contributed by atoms with van der Waals surface area (Å²) in [5.74, 6) is -1.55. The Morgan fingerprint density at radius 1 is 0.766 bits per heavy atom. The van der Waals surface area contributed by atoms with Crippen molar-refractivity contribution in [2.45, 2.75) is 30.4 Å². The average molecular weight is 644 g/mol. The van der Waals surface area contributed by atoms with Gasteiger partial charge in [-0.15, -0.1) is 11.8 Å². The van der Waals surface area contributed by atoms with Gasteiger partial charge in [-0.1, -0.05) is 85.8 Å². The van der Waals surface area contributed by atoms with Crippen LogP contribution >= 0.6 is 11.8 Å². The first-order valence-electron chi connectivity index (χ1n) is 15.2. The van der Waals surface area contributed by atoms with Gasteiger partial charge in [-0.3, -0.25) is 14.4 Å². The number of carbonyl (C=O) groups excluding carboxylic acids is 3. The van der Waals surface area contributed by atoms with Gasteiger partial charge in [0.15, 0.2) is 0 Å². The Balaban J connectivity index is 1.34. The Kier molecular flexibility index (Phi) is 11.0. The van der Waals surface area contributed by atoms with E-state index in [0.717, 1.165) is 33.7 Å². The highest BCUT2D eigenvalue weighted by atomic mass is 32.2. The third-order valence-electron chi connectivity index (χ3n) is 7.40. The number of hydrogen-bond acceptors (Lipinski definition) is 4. The quantitative estimate of drug-likeness (QED) is 0.0994. The molecule has 0 bridgehead atoms. The van der Waals surface area contributed by atoms with Gasteiger partial charge < -0.3 is 16.0 Å². The number of amides is 3. The van der Waals surface area contributed by atoms with Crippen LogP contribution in [-0.4, -0.2) is 17.7 Å². The molecule has 8 heteroatoms. The molecule has 5 rings (SSSR count). The highest BCUT2D eigenvalue weighted by Gasteiger charge is 2.24. The van der Waals surface area contributed by atoms with E-state index in [-0.39, 0.29) is 11.6 Å². The fourth-order valence-electron chi connectivity index (χ4n) is 4.91. The van der Waals surface area contributed by atoms with Gasteiger partial charge in [0, 0.05) is 21.8 Å². The number of aryl methyl sites for hydroxylation is 2. The summed E-state index contributed by atoms with van der Waals surface area (Å²) in [6.07, 6.45) is 2.28. The maximum absolute atomic E-state index is 13.7. The lowest BCUT2D eigenvalue weighted by molar-refractivity contribution is -0.116. The molecule has 0 aromatic heterocycles. The van der Waals surface area contributed by atoms with E-state index in [9.17, 15) is 18.8 Å². The molecule has 0 radical (unpaired) electrons. The highest BCUT2D eigenvalue weighted by molar-refractivity contribution is 8.00. The average Bonchev–Trinajstić information content (AvgIpc) is 3.10. The van der Waals surface area contributed by atoms with Crippen LogP contribution in [0.1, 0.15) is 44.8 Å². The summed E-state index contributed by atoms with van der Waals surface area (Å²) in [4.78, 5) is 40.9. The van der Waals surface area contributed by atoms with Crippen LogP contribution in [-0.2, 0) is 16.0 Å². The minimum atomic E-state index is -0.550. The summed E-state index contributed by atoms with van der Waals surface area (Å²) < 4.78 is 13.5. The third kappa shape index (κ3) is 8.83. The number of benzene rings is 5. The molecule has 1 unspecified atom stereocenters. The second-order valence-corrected chi connectivity index (χ2v) is 11.9. The first-order valence-corrected chi connectivity index (χ1v) is 16.0. The van der Waals surface area contributed by atoms with Crippen LogP contribution in [0, 0.1) is 12.7 Å². The molecule has 1 atom stereocenters. The Bertz CT molecular complexity index is 1880. The van der Waals surface area contributed by atoms with Crippen molar-refractivity contribution in [2.75, 3.05) is 10.6 Å². The van der Waals surface area contributed by atoms with Crippen molar-refractivity contribution in [1.29, 1.82) is 0 Å². The molecule has 0 saturated heterocycles. The maximum atomic E-state index is 13.7. The van der Waals surface area contributed by atoms with E-state index in [1.807, 2.05) is 67.6 Å². The van der Waals surface area contributed by atoms with Gasteiger partial charge in [0.2, 0.25) is 5.91 Å². The molecular formula is C39H34FN3O3S. The molecular weight excluding hydrogens is 610 g/mol. The van der Waals surface area contributed by atoms with E-state index in [1.54, 1.807) is 42.5 Å². The van der Waals surface area contributed by atoms with Gasteiger partial charge in [-0.2, -0.15) is 0 Å². The van der Waals surface area contributed by atoms with Gasteiger partial charge in [0.25, 0.3) is 11.8 Å². The van der Waals surface area contributed by atoms with Crippen LogP contribution in [0.5, 0.6) is 0 Å². The molecule has 6 nitrogen and oxygen atoms in total. The SMILES string of the molecule is CCc1cccc(C)c1NC(=O)C(Sc1ccc(NC(=O)/C(=C/c2ccc(F)cc2)NC(=O)c2ccccc2)cc1)c1ccccc1. The fraction of sp³-hybridized carbons (Fsp3) is 0.103. The Morgan fingerprint density at radius 3 is 2.09 bits per heavy atom. The lowest BCUT2D eigenvalue weighted by atomic mass is 10.1. The van der Waals surface area contributed by atoms with Crippen molar-refractivity contribution in [3.8, 4) is 0 Å². The molecule has 5 aromatic carbocycles. The summed E-state index contributed by atoms with van der Waals surface area (Å²) in [7, 11) is 0. The third-order valence-corrected chi connectivity index (χ3v) is 8.67. The minimum absolute atomic E-state index is 0.00706. The topological polar surface area (TPSA) is 87.3 Å². The fourth-order valence-corrected chi connectivity index (χ4v) is 5.94. The lowest BCUT2D eigenvalue weighted by Crippen LogP contribution is -2.30. The predicted octanol–water partition coefficient (Wildman–Crippen LogP) is 8.58. The van der Waals surface area contributed by atoms with Crippen LogP contribution in [0.3, 0.4) is 0 Å². The normalized spacial score (nSPS) is 11.8. The number of thioether (sulfide) groups is 1. The van der Waals surface area contributed by atoms with E-state index in [0.29, 0.717) is 16.8 Å². The summed E-state index contributed by atoms with van der Waals surface area (Å²) >= 11 is 1.41. The van der Waals surface area contributed by atoms with Gasteiger partial charge >= 0.3 is 0 Å². The Labute approximate surface area is 278 Å². The number of hydrogen-bond donors (Lipinski definition) is 3. The first-order chi connectivity index (χ1) is 22.8. The van der Waals surface area contributed by atoms with E-state index in [1.165, 1.54) is 42.1 Å². The maximum Gasteiger partial charge on any atom is 0.272 e. The molecule has 47 heavy (non-hydrogen) atoms. The molecule has 0 fully saturated rings. The van der Waals surface area contributed by atoms with E-state index < -0.39 is 22.9 Å². The molecule has 3 amide bonds. The molecule has 0 heterocycles. The number of nitrogens with one attached hydrogen (secondary N) is 3. The minimum Gasteiger partial charge on any atom is -0.324 e. The number of halogens is 1. The second-order valence-electron chi connectivity index (χ2n) is 10.8. The van der Waals surface area contributed by atoms with Crippen molar-refractivity contribution in [3.05, 3.63) is 167 Å². The number of anilines is 2. The highest BCUT2D eigenvalue weighted by Crippen LogP contribution is 2.37. The van der Waals surface area contributed by atoms with Crippen molar-refractivity contribution >= 4 is 46.9 Å². The zero-order valence-corrected chi connectivity index (χ0v) is 26.8. The van der Waals surface area contributed by atoms with E-state index >= 15 is 0 Å². The summed E-state index contributed by atoms with van der Waals surface area (Å²) in [6, 6.07) is 36.9. The van der Waals surface area contributed by atoms with Crippen molar-refractivity contribution in [1.82, 2.24) is 5.32 Å². The van der Waals surface area contributed by atoms with Gasteiger partial charge in [-0.05, 0) is 90.2 Å². The van der Waals surface area contributed by atoms with Crippen LogP contribution in [0.25, 0.3) is 6.08 Å². The first kappa shape index (κ1) is 32.9. The summed E-state index contributed by atoms with van der Waals surface area (Å²) in [6.45, 7) is 4.05. The Hall–Kier alpha value is -5.47. The van der Waals surface area contributed by atoms with E-state index in [4.69, 9.17) is 0 Å². The monoisotopic (exact) mass is 643 g/mol. The number of para-hydroxylation sites is 1. The lowest BCUT2D eigenvalue weighted by Gasteiger charge is -2.20. The summed E-state index contributed by atoms with van der Waals surface area (Å²) in [5, 5.41) is 8.16. The molecule has 236 valence electrons. The smallest absolute Gasteiger partial charge is 0.272 e. The zero-order valence-electron chi connectivity index (χ0n) is 26.0. The van der Waals surface area contributed by atoms with Crippen molar-refractivity contribution in [2.24, 2.45) is 0 Å². The molecule has 0 aliphatic rings. The zero-order chi connectivity index (χ0) is 33.2. The molecule has 0 aliphatic heterocycles. The predicted molar refractivity (Wildman–Crippen MR) is 188 cm³/mol. The van der Waals surface area contributed by atoms with Gasteiger partial charge in [-0.25, -0.2) is 4.39 Å². The van der Waals surface area contributed by atoms with Crippen LogP contribution in [0.4, 0.5) is 15.8 Å². The van der Waals surface area contributed by atoms with Crippen LogP contribution in [0.15, 0.2) is 138 Å². The molecule has 0 spiro atoms. The number of rotatable bonds is 11. The molecule has 0 aliphatic carbocycles. The van der Waals surface area contributed by atoms with Crippen LogP contribution < -0.4 is 16.0 Å². The van der Waals surface area contributed by atoms with Gasteiger partial charge in [0.05, 0.1) is 0 Å². The van der Waals surface area contributed by atoms with Crippen molar-refractivity contribution in [3.63, 3.8) is 0 Å². The Morgan fingerprint density at radius 2 is 1.43 bits per heavy atom. The standard InChI is InChI=1S/C39H34FN3O3S/c1-3-28-16-10-11-26(2)35(28)43-39(46)36(29-12-6-4-7-13-29)47-33-23-21-32(22-24-33)41-38(45)34(25-27-17-19-31(40)20-18-27)42-37(44)30-14-8-5-9-15-30/h4-25,36H,3H2,1-2H3,(H,41,45)(H,42,44)(H,43,46)/b34-25-. The molecule has 0 saturated carbocycles. The van der Waals surface area contributed by atoms with Crippen molar-refractivity contribution < 1.29 is 18.8 Å². The summed E-state index contributed by atoms with van der Waals surface area (Å²) in [5.41, 5.74) is 5.19. The number of carbonyl (C=O) groups is 3. The van der Waals surface area contributed by atoms with E-state index in [2.05, 4.69) is 22.9 Å².